The molecule has 0 saturated carbocycles. The van der Waals surface area contributed by atoms with E-state index in [1.165, 1.54) is 30.6 Å². The quantitative estimate of drug-likeness (QED) is 0.368. The van der Waals surface area contributed by atoms with E-state index in [1.807, 2.05) is 0 Å². The van der Waals surface area contributed by atoms with E-state index >= 15 is 0 Å². The molecular weight excluding hydrogens is 398 g/mol. The molecule has 184 valence electrons. The van der Waals surface area contributed by atoms with Crippen molar-refractivity contribution in [3.05, 3.63) is 60.7 Å². The first-order chi connectivity index (χ1) is 15.0. The Morgan fingerprint density at radius 3 is 1.36 bits per heavy atom. The molecule has 2 atom stereocenters. The predicted octanol–water partition coefficient (Wildman–Crippen LogP) is 10.1. The summed E-state index contributed by atoms with van der Waals surface area (Å²) in [5.41, 5.74) is 3.58. The molecule has 0 spiro atoms. The zero-order chi connectivity index (χ0) is 25.1. The molecule has 2 aromatic carbocycles. The van der Waals surface area contributed by atoms with Gasteiger partial charge in [-0.2, -0.15) is 0 Å². The normalized spacial score (nSPS) is 15.2. The molecule has 0 aromatic heterocycles. The monoisotopic (exact) mass is 449 g/mol. The third kappa shape index (κ3) is 8.51. The van der Waals surface area contributed by atoms with Crippen LogP contribution in [0.2, 0.25) is 0 Å². The molecule has 2 aromatic rings. The van der Waals surface area contributed by atoms with Crippen molar-refractivity contribution in [2.24, 2.45) is 27.6 Å². The van der Waals surface area contributed by atoms with Crippen molar-refractivity contribution in [3.63, 3.8) is 0 Å². The van der Waals surface area contributed by atoms with Gasteiger partial charge in [-0.1, -0.05) is 113 Å². The average Bonchev–Trinajstić information content (AvgIpc) is 2.62. The highest BCUT2D eigenvalue weighted by Crippen LogP contribution is 2.48. The molecule has 0 heterocycles. The van der Waals surface area contributed by atoms with Gasteiger partial charge in [-0.05, 0) is 71.1 Å². The summed E-state index contributed by atoms with van der Waals surface area (Å²) < 4.78 is 0. The lowest BCUT2D eigenvalue weighted by atomic mass is 9.64. The molecule has 0 amide bonds. The van der Waals surface area contributed by atoms with Crippen molar-refractivity contribution in [3.8, 4) is 0 Å². The zero-order valence-electron chi connectivity index (χ0n) is 23.5. The molecule has 0 aliphatic rings. The van der Waals surface area contributed by atoms with Crippen molar-refractivity contribution in [1.29, 1.82) is 0 Å². The Morgan fingerprint density at radius 2 is 1.00 bits per heavy atom. The second kappa shape index (κ2) is 10.2. The number of anilines is 2. The second-order valence-corrected chi connectivity index (χ2v) is 14.3. The summed E-state index contributed by atoms with van der Waals surface area (Å²) in [6, 6.07) is 22.4. The molecule has 2 rings (SSSR count). The smallest absolute Gasteiger partial charge is 0.0419 e. The number of rotatable bonds is 9. The summed E-state index contributed by atoms with van der Waals surface area (Å²) in [5.74, 6) is 0.528. The molecule has 0 aliphatic heterocycles. The first-order valence-electron chi connectivity index (χ1n) is 12.9. The minimum atomic E-state index is 0.126. The van der Waals surface area contributed by atoms with Gasteiger partial charge < -0.3 is 4.90 Å². The van der Waals surface area contributed by atoms with Crippen molar-refractivity contribution < 1.29 is 0 Å². The van der Waals surface area contributed by atoms with E-state index in [0.717, 1.165) is 0 Å². The largest absolute Gasteiger partial charge is 0.338 e. The third-order valence-electron chi connectivity index (χ3n) is 6.56. The number of nitrogens with zero attached hydrogens (tertiary/aromatic N) is 1. The Labute approximate surface area is 206 Å². The zero-order valence-corrected chi connectivity index (χ0v) is 23.5. The van der Waals surface area contributed by atoms with Gasteiger partial charge in [-0.25, -0.2) is 0 Å². The lowest BCUT2D eigenvalue weighted by molar-refractivity contribution is 0.105. The van der Waals surface area contributed by atoms with E-state index in [2.05, 4.69) is 142 Å². The number of para-hydroxylation sites is 2. The maximum absolute atomic E-state index is 2.64. The van der Waals surface area contributed by atoms with E-state index in [0.29, 0.717) is 17.4 Å². The Morgan fingerprint density at radius 1 is 0.606 bits per heavy atom. The summed E-state index contributed by atoms with van der Waals surface area (Å²) in [5, 5.41) is 0. The van der Waals surface area contributed by atoms with Gasteiger partial charge in [0, 0.05) is 17.4 Å². The van der Waals surface area contributed by atoms with Crippen LogP contribution < -0.4 is 4.90 Å². The fourth-order valence-corrected chi connectivity index (χ4v) is 6.98. The fraction of sp³-hybridized carbons (Fsp3) is 0.625. The van der Waals surface area contributed by atoms with Crippen LogP contribution in [0, 0.1) is 27.6 Å². The van der Waals surface area contributed by atoms with Gasteiger partial charge in [0.15, 0.2) is 0 Å². The first-order valence-corrected chi connectivity index (χ1v) is 12.9. The molecule has 0 radical (unpaired) electrons. The van der Waals surface area contributed by atoms with Crippen LogP contribution in [0.15, 0.2) is 60.7 Å². The Bertz CT molecular complexity index is 794. The molecule has 0 fully saturated rings. The van der Waals surface area contributed by atoms with E-state index in [1.54, 1.807) is 0 Å². The summed E-state index contributed by atoms with van der Waals surface area (Å²) in [4.78, 5) is 2.64. The Kier molecular flexibility index (Phi) is 8.53. The van der Waals surface area contributed by atoms with Crippen LogP contribution in [0.5, 0.6) is 0 Å². The summed E-state index contributed by atoms with van der Waals surface area (Å²) >= 11 is 0. The lowest BCUT2D eigenvalue weighted by Gasteiger charge is -2.50. The number of hydrogen-bond acceptors (Lipinski definition) is 1. The summed E-state index contributed by atoms with van der Waals surface area (Å²) in [6.45, 7) is 26.7. The van der Waals surface area contributed by atoms with Crippen LogP contribution in [0.25, 0.3) is 0 Å². The molecule has 0 saturated heterocycles. The fourth-order valence-electron chi connectivity index (χ4n) is 6.98. The van der Waals surface area contributed by atoms with E-state index in [9.17, 15) is 0 Å². The van der Waals surface area contributed by atoms with Gasteiger partial charge in [0.25, 0.3) is 0 Å². The van der Waals surface area contributed by atoms with Crippen LogP contribution in [-0.2, 0) is 0 Å². The van der Waals surface area contributed by atoms with Gasteiger partial charge in [0.2, 0.25) is 0 Å². The second-order valence-electron chi connectivity index (χ2n) is 14.3. The number of benzene rings is 2. The van der Waals surface area contributed by atoms with Crippen molar-refractivity contribution in [2.45, 2.75) is 101 Å². The van der Waals surface area contributed by atoms with E-state index in [-0.39, 0.29) is 16.2 Å². The highest BCUT2D eigenvalue weighted by atomic mass is 15.2. The van der Waals surface area contributed by atoms with E-state index < -0.39 is 0 Å². The molecule has 33 heavy (non-hydrogen) atoms. The van der Waals surface area contributed by atoms with Crippen molar-refractivity contribution >= 4 is 11.4 Å². The summed E-state index contributed by atoms with van der Waals surface area (Å²) in [7, 11) is 0. The maximum Gasteiger partial charge on any atom is 0.0419 e. The van der Waals surface area contributed by atoms with Crippen LogP contribution in [0.3, 0.4) is 0 Å². The standard InChI is InChI=1S/C32H51N/c1-25(22-31(8,9)23-29(2,3)4)28(32(10,11)24-30(5,6)7)33(26-18-14-12-15-19-26)27-20-16-13-17-21-27/h12-21,25,28H,22-24H2,1-11H3. The molecule has 0 bridgehead atoms. The summed E-state index contributed by atoms with van der Waals surface area (Å²) in [6.07, 6.45) is 3.61. The Hall–Kier alpha value is -1.76. The van der Waals surface area contributed by atoms with Gasteiger partial charge in [0.05, 0.1) is 0 Å². The van der Waals surface area contributed by atoms with Crippen molar-refractivity contribution in [1.82, 2.24) is 0 Å². The van der Waals surface area contributed by atoms with Crippen LogP contribution in [-0.4, -0.2) is 6.04 Å². The van der Waals surface area contributed by atoms with Crippen LogP contribution >= 0.6 is 0 Å². The predicted molar refractivity (Wildman–Crippen MR) is 148 cm³/mol. The average molecular weight is 450 g/mol. The highest BCUT2D eigenvalue weighted by Gasteiger charge is 2.43. The van der Waals surface area contributed by atoms with Gasteiger partial charge in [0.1, 0.15) is 0 Å². The van der Waals surface area contributed by atoms with Gasteiger partial charge in [-0.3, -0.25) is 0 Å². The first kappa shape index (κ1) is 27.5. The molecule has 0 aliphatic carbocycles. The molecule has 2 unspecified atom stereocenters. The highest BCUT2D eigenvalue weighted by molar-refractivity contribution is 5.64. The molecule has 0 N–H and O–H groups in total. The van der Waals surface area contributed by atoms with E-state index in [4.69, 9.17) is 0 Å². The molecular formula is C32H51N. The Balaban J connectivity index is 2.61. The molecule has 1 heteroatoms. The number of hydrogen-bond donors (Lipinski definition) is 0. The molecule has 1 nitrogen and oxygen atoms in total. The minimum absolute atomic E-state index is 0.126. The maximum atomic E-state index is 2.64. The lowest BCUT2D eigenvalue weighted by Crippen LogP contribution is -2.49. The van der Waals surface area contributed by atoms with Gasteiger partial charge in [-0.15, -0.1) is 0 Å². The topological polar surface area (TPSA) is 3.24 Å². The SMILES string of the molecule is CC(CC(C)(C)CC(C)(C)C)C(N(c1ccccc1)c1ccccc1)C(C)(C)CC(C)(C)C. The van der Waals surface area contributed by atoms with Gasteiger partial charge >= 0.3 is 0 Å². The van der Waals surface area contributed by atoms with Crippen molar-refractivity contribution in [2.75, 3.05) is 4.90 Å². The van der Waals surface area contributed by atoms with Crippen LogP contribution in [0.4, 0.5) is 11.4 Å². The van der Waals surface area contributed by atoms with Crippen LogP contribution in [0.1, 0.15) is 95.4 Å². The third-order valence-corrected chi connectivity index (χ3v) is 6.56. The minimum Gasteiger partial charge on any atom is -0.338 e.